The molecule has 190 valence electrons. The molecule has 3 heterocycles. The first-order valence-electron chi connectivity index (χ1n) is 12.9. The molecule has 2 aliphatic rings. The van der Waals surface area contributed by atoms with Crippen LogP contribution in [-0.4, -0.2) is 69.7 Å². The minimum absolute atomic E-state index is 0.0234. The van der Waals surface area contributed by atoms with Crippen LogP contribution < -0.4 is 0 Å². The summed E-state index contributed by atoms with van der Waals surface area (Å²) < 4.78 is 0. The van der Waals surface area contributed by atoms with E-state index in [4.69, 9.17) is 11.6 Å². The van der Waals surface area contributed by atoms with Crippen LogP contribution in [0.3, 0.4) is 0 Å². The fourth-order valence-corrected chi connectivity index (χ4v) is 6.11. The molecule has 2 aromatic carbocycles. The first-order chi connectivity index (χ1) is 17.4. The van der Waals surface area contributed by atoms with Crippen molar-refractivity contribution < 1.29 is 15.0 Å². The monoisotopic (exact) mass is 507 g/mol. The number of nitrogens with zero attached hydrogens (tertiary/aromatic N) is 3. The van der Waals surface area contributed by atoms with Gasteiger partial charge in [-0.3, -0.25) is 14.7 Å². The van der Waals surface area contributed by atoms with Crippen molar-refractivity contribution in [3.8, 4) is 5.75 Å². The summed E-state index contributed by atoms with van der Waals surface area (Å²) in [6.07, 6.45) is 5.51. The third-order valence-corrected chi connectivity index (χ3v) is 8.52. The Hall–Kier alpha value is -2.67. The van der Waals surface area contributed by atoms with Crippen LogP contribution in [-0.2, 0) is 6.42 Å². The highest BCUT2D eigenvalue weighted by molar-refractivity contribution is 6.31. The number of piperidine rings is 2. The smallest absolute Gasteiger partial charge is 0.254 e. The number of halogens is 1. The molecule has 0 radical (unpaired) electrons. The van der Waals surface area contributed by atoms with Gasteiger partial charge in [-0.1, -0.05) is 23.7 Å². The third-order valence-electron chi connectivity index (χ3n) is 8.12. The molecule has 2 atom stereocenters. The summed E-state index contributed by atoms with van der Waals surface area (Å²) >= 11 is 6.34. The molecule has 2 aliphatic heterocycles. The van der Waals surface area contributed by atoms with Crippen molar-refractivity contribution in [3.63, 3.8) is 0 Å². The van der Waals surface area contributed by atoms with Gasteiger partial charge in [-0.25, -0.2) is 0 Å². The lowest BCUT2D eigenvalue weighted by Crippen LogP contribution is -2.52. The average molecular weight is 508 g/mol. The van der Waals surface area contributed by atoms with Gasteiger partial charge < -0.3 is 15.1 Å². The standard InChI is InChI=1S/C29H34ClN3O3/c1-19-2-3-20(15-27(19)30)14-21-7-11-33(17-22(21)18-34)23-8-12-32(13-9-23)29(36)26-6-10-31-28-16-24(35)4-5-25(26)28/h2-6,10,15-16,21-23,34-35H,7-9,11-14,17-18H2,1H3. The largest absolute Gasteiger partial charge is 0.508 e. The fraction of sp³-hybridized carbons (Fsp3) is 0.448. The minimum atomic E-state index is 0.0234. The number of carbonyl (C=O) groups excluding carboxylic acids is 1. The second-order valence-electron chi connectivity index (χ2n) is 10.4. The van der Waals surface area contributed by atoms with Gasteiger partial charge in [0.1, 0.15) is 5.75 Å². The molecular formula is C29H34ClN3O3. The summed E-state index contributed by atoms with van der Waals surface area (Å²) in [7, 11) is 0. The first kappa shape index (κ1) is 25.0. The number of pyridine rings is 1. The van der Waals surface area contributed by atoms with Crippen molar-refractivity contribution >= 4 is 28.4 Å². The lowest BCUT2D eigenvalue weighted by Gasteiger charge is -2.44. The highest BCUT2D eigenvalue weighted by Crippen LogP contribution is 2.32. The predicted molar refractivity (Wildman–Crippen MR) is 142 cm³/mol. The van der Waals surface area contributed by atoms with Crippen molar-refractivity contribution in [1.82, 2.24) is 14.8 Å². The zero-order chi connectivity index (χ0) is 25.2. The summed E-state index contributed by atoms with van der Waals surface area (Å²) in [5.41, 5.74) is 3.60. The van der Waals surface area contributed by atoms with Crippen molar-refractivity contribution in [2.24, 2.45) is 11.8 Å². The van der Waals surface area contributed by atoms with Gasteiger partial charge in [-0.2, -0.15) is 0 Å². The number of aryl methyl sites for hydroxylation is 1. The Morgan fingerprint density at radius 2 is 1.86 bits per heavy atom. The van der Waals surface area contributed by atoms with Crippen molar-refractivity contribution in [2.45, 2.75) is 38.6 Å². The molecule has 0 bridgehead atoms. The Balaban J connectivity index is 1.19. The normalized spacial score (nSPS) is 21.7. The number of rotatable bonds is 5. The summed E-state index contributed by atoms with van der Waals surface area (Å²) in [5, 5.41) is 21.5. The highest BCUT2D eigenvalue weighted by atomic mass is 35.5. The number of amides is 1. The average Bonchev–Trinajstić information content (AvgIpc) is 2.90. The molecule has 2 unspecified atom stereocenters. The van der Waals surface area contributed by atoms with Gasteiger partial charge in [0.2, 0.25) is 0 Å². The number of benzene rings is 2. The maximum Gasteiger partial charge on any atom is 0.254 e. The van der Waals surface area contributed by atoms with E-state index in [1.165, 1.54) is 5.56 Å². The molecular weight excluding hydrogens is 474 g/mol. The van der Waals surface area contributed by atoms with Gasteiger partial charge >= 0.3 is 0 Å². The second-order valence-corrected chi connectivity index (χ2v) is 10.8. The number of aliphatic hydroxyl groups excluding tert-OH is 1. The summed E-state index contributed by atoms with van der Waals surface area (Å²) in [4.78, 5) is 22.1. The van der Waals surface area contributed by atoms with Crippen LogP contribution in [0.5, 0.6) is 5.75 Å². The number of fused-ring (bicyclic) bond motifs is 1. The summed E-state index contributed by atoms with van der Waals surface area (Å²) in [6.45, 7) is 5.58. The summed E-state index contributed by atoms with van der Waals surface area (Å²) in [5.74, 6) is 0.868. The van der Waals surface area contributed by atoms with Gasteiger partial charge in [0.15, 0.2) is 0 Å². The van der Waals surface area contributed by atoms with E-state index in [0.29, 0.717) is 23.0 Å². The number of aliphatic hydroxyl groups is 1. The summed E-state index contributed by atoms with van der Waals surface area (Å²) in [6, 6.07) is 13.5. The van der Waals surface area contributed by atoms with Crippen LogP contribution in [0.1, 0.15) is 40.7 Å². The number of carbonyl (C=O) groups is 1. The lowest BCUT2D eigenvalue weighted by molar-refractivity contribution is 0.0242. The van der Waals surface area contributed by atoms with E-state index in [1.807, 2.05) is 11.8 Å². The Labute approximate surface area is 217 Å². The molecule has 36 heavy (non-hydrogen) atoms. The number of phenolic OH excluding ortho intramolecular Hbond substituents is 1. The molecule has 1 aromatic heterocycles. The van der Waals surface area contributed by atoms with Gasteiger partial charge in [-0.05, 0) is 86.4 Å². The van der Waals surface area contributed by atoms with Gasteiger partial charge in [0.05, 0.1) is 11.1 Å². The number of aromatic hydroxyl groups is 1. The number of aromatic nitrogens is 1. The van der Waals surface area contributed by atoms with E-state index in [2.05, 4.69) is 28.1 Å². The lowest BCUT2D eigenvalue weighted by atomic mass is 9.80. The van der Waals surface area contributed by atoms with E-state index in [1.54, 1.807) is 30.5 Å². The Morgan fingerprint density at radius 1 is 1.06 bits per heavy atom. The molecule has 0 saturated carbocycles. The van der Waals surface area contributed by atoms with Crippen LogP contribution in [0.25, 0.3) is 10.9 Å². The van der Waals surface area contributed by atoms with Crippen LogP contribution in [0.15, 0.2) is 48.7 Å². The Bertz CT molecular complexity index is 1240. The maximum atomic E-state index is 13.3. The Morgan fingerprint density at radius 3 is 2.61 bits per heavy atom. The number of hydrogen-bond acceptors (Lipinski definition) is 5. The van der Waals surface area contributed by atoms with Gasteiger partial charge in [0, 0.05) is 55.0 Å². The SMILES string of the molecule is Cc1ccc(CC2CCN(C3CCN(C(=O)c4ccnc5cc(O)ccc45)CC3)CC2CO)cc1Cl. The number of hydrogen-bond donors (Lipinski definition) is 2. The number of phenols is 1. The molecule has 6 nitrogen and oxygen atoms in total. The van der Waals surface area contributed by atoms with E-state index in [9.17, 15) is 15.0 Å². The second kappa shape index (κ2) is 10.8. The van der Waals surface area contributed by atoms with Gasteiger partial charge in [0.25, 0.3) is 5.91 Å². The zero-order valence-corrected chi connectivity index (χ0v) is 21.5. The molecule has 1 amide bonds. The predicted octanol–water partition coefficient (Wildman–Crippen LogP) is 4.68. The highest BCUT2D eigenvalue weighted by Gasteiger charge is 2.34. The topological polar surface area (TPSA) is 76.9 Å². The van der Waals surface area contributed by atoms with Crippen LogP contribution >= 0.6 is 11.6 Å². The molecule has 2 saturated heterocycles. The van der Waals surface area contributed by atoms with Crippen LogP contribution in [0, 0.1) is 18.8 Å². The minimum Gasteiger partial charge on any atom is -0.508 e. The number of likely N-dealkylation sites (tertiary alicyclic amines) is 2. The molecule has 0 spiro atoms. The quantitative estimate of drug-likeness (QED) is 0.524. The fourth-order valence-electron chi connectivity index (χ4n) is 5.91. The zero-order valence-electron chi connectivity index (χ0n) is 20.7. The van der Waals surface area contributed by atoms with Crippen LogP contribution in [0.4, 0.5) is 0 Å². The maximum absolute atomic E-state index is 13.3. The molecule has 2 fully saturated rings. The Kier molecular flexibility index (Phi) is 7.47. The van der Waals surface area contributed by atoms with Crippen molar-refractivity contribution in [1.29, 1.82) is 0 Å². The van der Waals surface area contributed by atoms with Crippen molar-refractivity contribution in [3.05, 3.63) is 70.4 Å². The van der Waals surface area contributed by atoms with E-state index < -0.39 is 0 Å². The molecule has 2 N–H and O–H groups in total. The van der Waals surface area contributed by atoms with Gasteiger partial charge in [-0.15, -0.1) is 0 Å². The molecule has 0 aliphatic carbocycles. The molecule has 7 heteroatoms. The van der Waals surface area contributed by atoms with Crippen LogP contribution in [0.2, 0.25) is 5.02 Å². The van der Waals surface area contributed by atoms with E-state index in [-0.39, 0.29) is 24.2 Å². The molecule has 5 rings (SSSR count). The first-order valence-corrected chi connectivity index (χ1v) is 13.3. The van der Waals surface area contributed by atoms with E-state index >= 15 is 0 Å². The van der Waals surface area contributed by atoms with Crippen molar-refractivity contribution in [2.75, 3.05) is 32.8 Å². The van der Waals surface area contributed by atoms with E-state index in [0.717, 1.165) is 67.8 Å². The molecule has 3 aromatic rings. The third kappa shape index (κ3) is 5.22.